The minimum Gasteiger partial charge on any atom is -0.493 e. The first-order chi connectivity index (χ1) is 15.8. The fourth-order valence-corrected chi connectivity index (χ4v) is 3.66. The average molecular weight is 522 g/mol. The van der Waals surface area contributed by atoms with Crippen molar-refractivity contribution < 1.29 is 14.3 Å². The maximum Gasteiger partial charge on any atom is 0.266 e. The van der Waals surface area contributed by atoms with E-state index in [0.29, 0.717) is 48.4 Å². The highest BCUT2D eigenvalue weighted by Gasteiger charge is 2.14. The summed E-state index contributed by atoms with van der Waals surface area (Å²) >= 11 is 24.5. The Hall–Kier alpha value is -2.88. The SMILES string of the molecule is COc1ccc(/C=C(\C#N)C(=O)Nc2cc(Cl)ccc2Cl)cc1OCc1c(Cl)cccc1Cl. The third-order valence-electron chi connectivity index (χ3n) is 4.47. The lowest BCUT2D eigenvalue weighted by molar-refractivity contribution is -0.112. The molecule has 0 radical (unpaired) electrons. The Kier molecular flexibility index (Phi) is 8.49. The van der Waals surface area contributed by atoms with Gasteiger partial charge in [-0.25, -0.2) is 0 Å². The number of nitriles is 1. The van der Waals surface area contributed by atoms with Crippen LogP contribution in [0.2, 0.25) is 20.1 Å². The molecule has 9 heteroatoms. The smallest absolute Gasteiger partial charge is 0.266 e. The van der Waals surface area contributed by atoms with Crippen molar-refractivity contribution >= 4 is 64.1 Å². The van der Waals surface area contributed by atoms with E-state index in [1.165, 1.54) is 19.3 Å². The van der Waals surface area contributed by atoms with Crippen molar-refractivity contribution in [2.75, 3.05) is 12.4 Å². The van der Waals surface area contributed by atoms with Crippen molar-refractivity contribution in [1.82, 2.24) is 0 Å². The summed E-state index contributed by atoms with van der Waals surface area (Å²) in [5.74, 6) is 0.213. The number of benzene rings is 3. The van der Waals surface area contributed by atoms with Gasteiger partial charge in [0, 0.05) is 20.6 Å². The second-order valence-corrected chi connectivity index (χ2v) is 8.31. The number of ether oxygens (including phenoxy) is 2. The zero-order chi connectivity index (χ0) is 24.0. The predicted molar refractivity (Wildman–Crippen MR) is 132 cm³/mol. The summed E-state index contributed by atoms with van der Waals surface area (Å²) in [5.41, 5.74) is 1.32. The van der Waals surface area contributed by atoms with Crippen LogP contribution in [-0.4, -0.2) is 13.0 Å². The fourth-order valence-electron chi connectivity index (χ4n) is 2.81. The molecule has 0 bridgehead atoms. The van der Waals surface area contributed by atoms with Crippen LogP contribution >= 0.6 is 46.4 Å². The van der Waals surface area contributed by atoms with E-state index in [1.54, 1.807) is 48.5 Å². The molecule has 0 saturated carbocycles. The quantitative estimate of drug-likeness (QED) is 0.259. The van der Waals surface area contributed by atoms with Gasteiger partial charge in [-0.05, 0) is 54.1 Å². The van der Waals surface area contributed by atoms with E-state index >= 15 is 0 Å². The Bertz CT molecular complexity index is 1250. The second kappa shape index (κ2) is 11.3. The zero-order valence-electron chi connectivity index (χ0n) is 17.2. The number of carbonyl (C=O) groups excluding carboxylic acids is 1. The largest absolute Gasteiger partial charge is 0.493 e. The number of rotatable bonds is 7. The Morgan fingerprint density at radius 3 is 2.39 bits per heavy atom. The maximum absolute atomic E-state index is 12.6. The van der Waals surface area contributed by atoms with E-state index < -0.39 is 5.91 Å². The van der Waals surface area contributed by atoms with Gasteiger partial charge in [0.15, 0.2) is 11.5 Å². The Balaban J connectivity index is 1.85. The number of nitrogens with one attached hydrogen (secondary N) is 1. The first kappa shape index (κ1) is 24.8. The van der Waals surface area contributed by atoms with Gasteiger partial charge in [0.1, 0.15) is 18.2 Å². The topological polar surface area (TPSA) is 71.3 Å². The first-order valence-corrected chi connectivity index (χ1v) is 11.0. The molecule has 33 heavy (non-hydrogen) atoms. The molecule has 3 aromatic carbocycles. The average Bonchev–Trinajstić information content (AvgIpc) is 2.79. The van der Waals surface area contributed by atoms with Crippen LogP contribution in [0.25, 0.3) is 6.08 Å². The standard InChI is InChI=1S/C24H16Cl4N2O3/c1-32-22-8-5-14(10-23(22)33-13-17-18(26)3-2-4-19(17)27)9-15(12-29)24(31)30-21-11-16(25)6-7-20(21)28/h2-11H,13H2,1H3,(H,30,31)/b15-9+. The molecule has 0 aliphatic carbocycles. The van der Waals surface area contributed by atoms with Gasteiger partial charge in [0.25, 0.3) is 5.91 Å². The van der Waals surface area contributed by atoms with Gasteiger partial charge in [-0.15, -0.1) is 0 Å². The Morgan fingerprint density at radius 1 is 1.00 bits per heavy atom. The number of carbonyl (C=O) groups is 1. The van der Waals surface area contributed by atoms with Crippen molar-refractivity contribution in [3.63, 3.8) is 0 Å². The molecule has 0 heterocycles. The van der Waals surface area contributed by atoms with E-state index in [4.69, 9.17) is 55.9 Å². The van der Waals surface area contributed by atoms with Crippen LogP contribution in [0.15, 0.2) is 60.2 Å². The molecular weight excluding hydrogens is 506 g/mol. The number of methoxy groups -OCH3 is 1. The van der Waals surface area contributed by atoms with Crippen LogP contribution in [0, 0.1) is 11.3 Å². The fraction of sp³-hybridized carbons (Fsp3) is 0.0833. The molecule has 0 spiro atoms. The minimum absolute atomic E-state index is 0.0981. The van der Waals surface area contributed by atoms with Gasteiger partial charge in [0.05, 0.1) is 17.8 Å². The van der Waals surface area contributed by atoms with Crippen LogP contribution in [-0.2, 0) is 11.4 Å². The summed E-state index contributed by atoms with van der Waals surface area (Å²) in [6.45, 7) is 0.0981. The Morgan fingerprint density at radius 2 is 1.73 bits per heavy atom. The van der Waals surface area contributed by atoms with E-state index in [2.05, 4.69) is 5.32 Å². The van der Waals surface area contributed by atoms with E-state index in [9.17, 15) is 10.1 Å². The Labute approximate surface area is 211 Å². The lowest BCUT2D eigenvalue weighted by Crippen LogP contribution is -2.13. The summed E-state index contributed by atoms with van der Waals surface area (Å²) in [5, 5.41) is 13.7. The maximum atomic E-state index is 12.6. The van der Waals surface area contributed by atoms with Gasteiger partial charge >= 0.3 is 0 Å². The molecule has 5 nitrogen and oxygen atoms in total. The van der Waals surface area contributed by atoms with E-state index in [0.717, 1.165) is 0 Å². The lowest BCUT2D eigenvalue weighted by atomic mass is 10.1. The number of hydrogen-bond donors (Lipinski definition) is 1. The van der Waals surface area contributed by atoms with Crippen molar-refractivity contribution in [3.05, 3.63) is 91.4 Å². The molecule has 0 aromatic heterocycles. The number of nitrogens with zero attached hydrogens (tertiary/aromatic N) is 1. The monoisotopic (exact) mass is 520 g/mol. The molecule has 0 saturated heterocycles. The predicted octanol–water partition coefficient (Wildman–Crippen LogP) is 7.43. The second-order valence-electron chi connectivity index (χ2n) is 6.65. The van der Waals surface area contributed by atoms with Crippen LogP contribution < -0.4 is 14.8 Å². The molecule has 0 aliphatic heterocycles. The summed E-state index contributed by atoms with van der Waals surface area (Å²) in [7, 11) is 1.50. The lowest BCUT2D eigenvalue weighted by Gasteiger charge is -2.13. The number of halogens is 4. The molecule has 1 N–H and O–H groups in total. The molecule has 0 atom stereocenters. The highest BCUT2D eigenvalue weighted by Crippen LogP contribution is 2.32. The normalized spacial score (nSPS) is 11.0. The third kappa shape index (κ3) is 6.34. The molecule has 0 fully saturated rings. The summed E-state index contributed by atoms with van der Waals surface area (Å²) in [6, 6.07) is 16.7. The molecular formula is C24H16Cl4N2O3. The third-order valence-corrected chi connectivity index (χ3v) is 5.75. The summed E-state index contributed by atoms with van der Waals surface area (Å²) in [4.78, 5) is 12.6. The van der Waals surface area contributed by atoms with E-state index in [1.807, 2.05) is 6.07 Å². The van der Waals surface area contributed by atoms with Gasteiger partial charge in [-0.1, -0.05) is 58.5 Å². The van der Waals surface area contributed by atoms with Crippen molar-refractivity contribution in [2.45, 2.75) is 6.61 Å². The van der Waals surface area contributed by atoms with Gasteiger partial charge in [0.2, 0.25) is 0 Å². The van der Waals surface area contributed by atoms with Crippen LogP contribution in [0.1, 0.15) is 11.1 Å². The number of hydrogen-bond acceptors (Lipinski definition) is 4. The number of amides is 1. The molecule has 0 unspecified atom stereocenters. The summed E-state index contributed by atoms with van der Waals surface area (Å²) in [6.07, 6.45) is 1.42. The van der Waals surface area contributed by atoms with Crippen molar-refractivity contribution in [3.8, 4) is 17.6 Å². The van der Waals surface area contributed by atoms with Crippen molar-refractivity contribution in [1.29, 1.82) is 5.26 Å². The summed E-state index contributed by atoms with van der Waals surface area (Å²) < 4.78 is 11.2. The minimum atomic E-state index is -0.636. The highest BCUT2D eigenvalue weighted by atomic mass is 35.5. The van der Waals surface area contributed by atoms with Gasteiger partial charge in [-0.3, -0.25) is 4.79 Å². The highest BCUT2D eigenvalue weighted by molar-refractivity contribution is 6.36. The van der Waals surface area contributed by atoms with Crippen LogP contribution in [0.5, 0.6) is 11.5 Å². The van der Waals surface area contributed by atoms with Gasteiger partial charge in [-0.2, -0.15) is 5.26 Å². The first-order valence-electron chi connectivity index (χ1n) is 9.44. The van der Waals surface area contributed by atoms with Crippen molar-refractivity contribution in [2.24, 2.45) is 0 Å². The van der Waals surface area contributed by atoms with Crippen LogP contribution in [0.4, 0.5) is 5.69 Å². The molecule has 0 aliphatic rings. The zero-order valence-corrected chi connectivity index (χ0v) is 20.2. The van der Waals surface area contributed by atoms with Crippen LogP contribution in [0.3, 0.4) is 0 Å². The molecule has 168 valence electrons. The van der Waals surface area contributed by atoms with E-state index in [-0.39, 0.29) is 12.2 Å². The molecule has 3 aromatic rings. The molecule has 3 rings (SSSR count). The molecule has 1 amide bonds. The van der Waals surface area contributed by atoms with Gasteiger partial charge < -0.3 is 14.8 Å². The number of anilines is 1.